The number of amides is 1. The average Bonchev–Trinajstić information content (AvgIpc) is 3.65. The molecule has 0 radical (unpaired) electrons. The van der Waals surface area contributed by atoms with Crippen molar-refractivity contribution in [3.05, 3.63) is 37.1 Å². The summed E-state index contributed by atoms with van der Waals surface area (Å²) in [5, 5.41) is 0. The van der Waals surface area contributed by atoms with Crippen LogP contribution in [0.25, 0.3) is 11.3 Å². The van der Waals surface area contributed by atoms with Gasteiger partial charge >= 0.3 is 12.1 Å². The van der Waals surface area contributed by atoms with E-state index in [1.807, 2.05) is 22.9 Å². The number of cyclic esters (lactones) is 1. The molecule has 48 heavy (non-hydrogen) atoms. The molecule has 0 unspecified atom stereocenters. The van der Waals surface area contributed by atoms with Crippen molar-refractivity contribution >= 4 is 23.6 Å². The summed E-state index contributed by atoms with van der Waals surface area (Å²) in [5.74, 6) is -2.48. The standard InChI is InChI=1S/C36H47FN4O7/c1-9-28-35(7)30(41(33(45)48-35)17-12-11-16-40-21-27(39-22-40)26-14-13-15-38-20-26)25(5)29(42)23(3)18-36(10-2,46-8)19-24(4)31(43)34(6,37)32(44)47-28/h2,13-15,20-25,28,30H,9,11-12,16-19H2,1,3-8H3/t23-,24-,25+,28-,30-,34+,35-,36-/m1/s1. The number of fused-ring (bicyclic) bond motifs is 1. The number of esters is 1. The first-order chi connectivity index (χ1) is 22.6. The van der Waals surface area contributed by atoms with Gasteiger partial charge in [-0.3, -0.25) is 14.6 Å². The van der Waals surface area contributed by atoms with Crippen LogP contribution in [0.1, 0.15) is 73.6 Å². The van der Waals surface area contributed by atoms with Crippen LogP contribution in [0.3, 0.4) is 0 Å². The van der Waals surface area contributed by atoms with Crippen molar-refractivity contribution in [1.82, 2.24) is 19.4 Å². The van der Waals surface area contributed by atoms with Crippen LogP contribution in [-0.2, 0) is 35.1 Å². The minimum absolute atomic E-state index is 0.0512. The second kappa shape index (κ2) is 14.6. The van der Waals surface area contributed by atoms with Crippen LogP contribution in [0.4, 0.5) is 9.18 Å². The third kappa shape index (κ3) is 7.16. The smallest absolute Gasteiger partial charge is 0.410 e. The Kier molecular flexibility index (Phi) is 11.1. The number of Topliss-reactive ketones (excluding diaryl/α,β-unsaturated/α-hetero) is 2. The normalized spacial score (nSPS) is 33.4. The first-order valence-corrected chi connectivity index (χ1v) is 16.6. The summed E-state index contributed by atoms with van der Waals surface area (Å²) >= 11 is 0. The van der Waals surface area contributed by atoms with E-state index in [2.05, 4.69) is 15.9 Å². The number of aromatic nitrogens is 3. The topological polar surface area (TPSA) is 130 Å². The summed E-state index contributed by atoms with van der Waals surface area (Å²) in [6.45, 7) is 9.98. The maximum Gasteiger partial charge on any atom is 0.410 e. The summed E-state index contributed by atoms with van der Waals surface area (Å²) in [6, 6.07) is 2.91. The molecule has 2 aromatic rings. The third-order valence-electron chi connectivity index (χ3n) is 10.0. The molecule has 0 spiro atoms. The van der Waals surface area contributed by atoms with Crippen LogP contribution in [0.5, 0.6) is 0 Å². The largest absolute Gasteiger partial charge is 0.455 e. The summed E-state index contributed by atoms with van der Waals surface area (Å²) in [7, 11) is 1.38. The number of unbranched alkanes of at least 4 members (excludes halogenated alkanes) is 1. The molecule has 0 aromatic carbocycles. The summed E-state index contributed by atoms with van der Waals surface area (Å²) in [4.78, 5) is 64.5. The zero-order valence-electron chi connectivity index (χ0n) is 28.9. The highest BCUT2D eigenvalue weighted by Gasteiger charge is 2.60. The Balaban J connectivity index is 1.62. The highest BCUT2D eigenvalue weighted by atomic mass is 19.1. The number of imidazole rings is 1. The third-order valence-corrected chi connectivity index (χ3v) is 10.0. The number of aryl methyl sites for hydroxylation is 1. The number of hydrogen-bond donors (Lipinski definition) is 0. The maximum atomic E-state index is 16.0. The van der Waals surface area contributed by atoms with E-state index in [1.165, 1.54) is 18.9 Å². The van der Waals surface area contributed by atoms with Crippen LogP contribution >= 0.6 is 0 Å². The number of carbonyl (C=O) groups excluding carboxylic acids is 4. The van der Waals surface area contributed by atoms with Crippen LogP contribution < -0.4 is 0 Å². The van der Waals surface area contributed by atoms with E-state index in [4.69, 9.17) is 20.6 Å². The molecule has 2 aliphatic heterocycles. The fraction of sp³-hybridized carbons (Fsp3) is 0.611. The highest BCUT2D eigenvalue weighted by Crippen LogP contribution is 2.42. The monoisotopic (exact) mass is 666 g/mol. The van der Waals surface area contributed by atoms with Gasteiger partial charge in [-0.25, -0.2) is 19.0 Å². The Hall–Kier alpha value is -4.11. The lowest BCUT2D eigenvalue weighted by atomic mass is 9.74. The molecule has 260 valence electrons. The van der Waals surface area contributed by atoms with E-state index in [-0.39, 0.29) is 31.6 Å². The van der Waals surface area contributed by atoms with E-state index in [0.717, 1.165) is 18.2 Å². The molecule has 0 saturated carbocycles. The van der Waals surface area contributed by atoms with Crippen molar-refractivity contribution in [3.63, 3.8) is 0 Å². The Morgan fingerprint density at radius 3 is 2.42 bits per heavy atom. The number of nitrogens with zero attached hydrogens (tertiary/aromatic N) is 4. The molecule has 0 N–H and O–H groups in total. The highest BCUT2D eigenvalue weighted by molar-refractivity contribution is 6.07. The number of pyridine rings is 1. The van der Waals surface area contributed by atoms with Gasteiger partial charge in [0.15, 0.2) is 11.4 Å². The maximum absolute atomic E-state index is 16.0. The van der Waals surface area contributed by atoms with Gasteiger partial charge in [-0.2, -0.15) is 0 Å². The lowest BCUT2D eigenvalue weighted by molar-refractivity contribution is -0.180. The first-order valence-electron chi connectivity index (χ1n) is 16.6. The second-order valence-corrected chi connectivity index (χ2v) is 13.5. The van der Waals surface area contributed by atoms with Crippen LogP contribution in [0.15, 0.2) is 37.1 Å². The van der Waals surface area contributed by atoms with Gasteiger partial charge in [0, 0.05) is 62.1 Å². The number of terminal acetylenes is 1. The molecule has 11 nitrogen and oxygen atoms in total. The molecule has 2 aliphatic rings. The molecule has 2 aromatic heterocycles. The Morgan fingerprint density at radius 2 is 1.79 bits per heavy atom. The second-order valence-electron chi connectivity index (χ2n) is 13.5. The molecule has 12 heteroatoms. The fourth-order valence-electron chi connectivity index (χ4n) is 7.33. The fourth-order valence-corrected chi connectivity index (χ4v) is 7.33. The number of alkyl halides is 1. The van der Waals surface area contributed by atoms with Crippen molar-refractivity contribution in [1.29, 1.82) is 0 Å². The van der Waals surface area contributed by atoms with Gasteiger partial charge < -0.3 is 23.7 Å². The molecule has 0 aliphatic carbocycles. The molecular formula is C36H47FN4O7. The van der Waals surface area contributed by atoms with Gasteiger partial charge in [0.2, 0.25) is 0 Å². The van der Waals surface area contributed by atoms with Gasteiger partial charge in [-0.15, -0.1) is 6.42 Å². The number of ether oxygens (including phenoxy) is 3. The molecule has 2 saturated heterocycles. The average molecular weight is 667 g/mol. The minimum atomic E-state index is -3.00. The molecule has 8 atom stereocenters. The molecule has 0 bridgehead atoms. The van der Waals surface area contributed by atoms with Crippen LogP contribution in [-0.4, -0.2) is 85.7 Å². The van der Waals surface area contributed by atoms with Crippen LogP contribution in [0.2, 0.25) is 0 Å². The Bertz CT molecular complexity index is 1540. The van der Waals surface area contributed by atoms with Gasteiger partial charge in [0.1, 0.15) is 17.5 Å². The summed E-state index contributed by atoms with van der Waals surface area (Å²) < 4.78 is 35.3. The first kappa shape index (κ1) is 36.7. The predicted octanol–water partition coefficient (Wildman–Crippen LogP) is 5.21. The Morgan fingerprint density at radius 1 is 1.10 bits per heavy atom. The molecule has 2 fully saturated rings. The van der Waals surface area contributed by atoms with Crippen molar-refractivity contribution in [3.8, 4) is 23.6 Å². The molecule has 4 heterocycles. The van der Waals surface area contributed by atoms with E-state index < -0.39 is 64.6 Å². The number of ketones is 2. The Labute approximate surface area is 281 Å². The van der Waals surface area contributed by atoms with E-state index >= 15 is 4.39 Å². The van der Waals surface area contributed by atoms with Gasteiger partial charge in [0.05, 0.1) is 18.1 Å². The molecule has 1 amide bonds. The quantitative estimate of drug-likeness (QED) is 0.161. The SMILES string of the molecule is C#C[C@@]1(OC)C[C@@H](C)C(=O)[C@H](C)[C@H]2N(CCCCn3cnc(-c4cccnc4)c3)C(=O)O[C@]2(C)[C@@H](CC)OC(=O)[C@@](C)(F)C(=O)[C@H](C)C1. The number of carbonyl (C=O) groups is 4. The van der Waals surface area contributed by atoms with Crippen molar-refractivity contribution in [2.24, 2.45) is 17.8 Å². The number of halogens is 1. The van der Waals surface area contributed by atoms with Crippen LogP contribution in [0, 0.1) is 30.1 Å². The lowest BCUT2D eigenvalue weighted by Crippen LogP contribution is -2.59. The predicted molar refractivity (Wildman–Crippen MR) is 175 cm³/mol. The zero-order chi connectivity index (χ0) is 35.4. The molecular weight excluding hydrogens is 619 g/mol. The van der Waals surface area contributed by atoms with Gasteiger partial charge in [0.25, 0.3) is 5.67 Å². The van der Waals surface area contributed by atoms with Crippen molar-refractivity contribution in [2.45, 2.75) is 109 Å². The van der Waals surface area contributed by atoms with E-state index in [0.29, 0.717) is 19.4 Å². The zero-order valence-corrected chi connectivity index (χ0v) is 28.9. The van der Waals surface area contributed by atoms with Crippen molar-refractivity contribution in [2.75, 3.05) is 13.7 Å². The number of hydrogen-bond acceptors (Lipinski definition) is 9. The van der Waals surface area contributed by atoms with E-state index in [9.17, 15) is 19.2 Å². The summed E-state index contributed by atoms with van der Waals surface area (Å²) in [6.07, 6.45) is 12.5. The van der Waals surface area contributed by atoms with Gasteiger partial charge in [-0.05, 0) is 58.1 Å². The lowest BCUT2D eigenvalue weighted by Gasteiger charge is -2.41. The summed E-state index contributed by atoms with van der Waals surface area (Å²) in [5.41, 5.74) is -4.21. The van der Waals surface area contributed by atoms with Crippen molar-refractivity contribution < 1.29 is 37.8 Å². The number of rotatable bonds is 8. The van der Waals surface area contributed by atoms with E-state index in [1.54, 1.807) is 46.4 Å². The number of methoxy groups -OCH3 is 1. The van der Waals surface area contributed by atoms with Gasteiger partial charge in [-0.1, -0.05) is 33.6 Å². The minimum Gasteiger partial charge on any atom is -0.455 e. The molecule has 4 rings (SSSR count).